The second-order valence-corrected chi connectivity index (χ2v) is 6.14. The molecule has 122 valence electrons. The Morgan fingerprint density at radius 2 is 1.92 bits per heavy atom. The molecule has 1 saturated heterocycles. The van der Waals surface area contributed by atoms with Gasteiger partial charge in [-0.1, -0.05) is 12.1 Å². The number of fused-ring (bicyclic) bond motifs is 1. The van der Waals surface area contributed by atoms with E-state index in [0.29, 0.717) is 17.3 Å². The SMILES string of the molecule is CC1(C)OC(=O)N(c2cc[n+](-c3nc4ccccc4o3)cc2)C1O. The highest BCUT2D eigenvalue weighted by molar-refractivity contribution is 5.90. The maximum Gasteiger partial charge on any atom is 0.509 e. The average Bonchev–Trinajstić information content (AvgIpc) is 3.07. The van der Waals surface area contributed by atoms with Crippen molar-refractivity contribution >= 4 is 22.9 Å². The molecule has 2 aromatic heterocycles. The zero-order valence-corrected chi connectivity index (χ0v) is 13.2. The first-order chi connectivity index (χ1) is 11.5. The van der Waals surface area contributed by atoms with Gasteiger partial charge >= 0.3 is 12.1 Å². The number of cyclic esters (lactones) is 1. The lowest BCUT2D eigenvalue weighted by atomic mass is 10.1. The van der Waals surface area contributed by atoms with E-state index in [4.69, 9.17) is 9.15 Å². The second kappa shape index (κ2) is 5.04. The van der Waals surface area contributed by atoms with Crippen LogP contribution in [0.5, 0.6) is 0 Å². The maximum atomic E-state index is 12.0. The number of carbonyl (C=O) groups excluding carboxylic acids is 1. The van der Waals surface area contributed by atoms with Gasteiger partial charge in [-0.25, -0.2) is 9.69 Å². The Bertz CT molecular complexity index is 884. The fraction of sp³-hybridized carbons (Fsp3) is 0.235. The number of ether oxygens (including phenoxy) is 1. The molecule has 3 aromatic rings. The minimum absolute atomic E-state index is 0.424. The summed E-state index contributed by atoms with van der Waals surface area (Å²) in [5, 5.41) is 10.3. The summed E-state index contributed by atoms with van der Waals surface area (Å²) in [4.78, 5) is 17.6. The number of aliphatic hydroxyl groups is 1. The van der Waals surface area contributed by atoms with E-state index >= 15 is 0 Å². The molecule has 7 heteroatoms. The van der Waals surface area contributed by atoms with Crippen LogP contribution in [0.3, 0.4) is 0 Å². The van der Waals surface area contributed by atoms with E-state index in [0.717, 1.165) is 5.52 Å². The molecule has 1 fully saturated rings. The second-order valence-electron chi connectivity index (χ2n) is 6.14. The van der Waals surface area contributed by atoms with Crippen LogP contribution in [-0.4, -0.2) is 28.0 Å². The summed E-state index contributed by atoms with van der Waals surface area (Å²) in [5.74, 6) is 0. The summed E-state index contributed by atoms with van der Waals surface area (Å²) < 4.78 is 12.6. The average molecular weight is 326 g/mol. The van der Waals surface area contributed by atoms with Crippen molar-refractivity contribution in [3.8, 4) is 6.01 Å². The predicted octanol–water partition coefficient (Wildman–Crippen LogP) is 2.16. The number of rotatable bonds is 2. The first-order valence-electron chi connectivity index (χ1n) is 7.53. The molecular weight excluding hydrogens is 310 g/mol. The highest BCUT2D eigenvalue weighted by atomic mass is 16.6. The Kier molecular flexibility index (Phi) is 3.07. The topological polar surface area (TPSA) is 79.7 Å². The van der Waals surface area contributed by atoms with Crippen LogP contribution in [-0.2, 0) is 4.74 Å². The highest BCUT2D eigenvalue weighted by Gasteiger charge is 2.47. The van der Waals surface area contributed by atoms with Gasteiger partial charge < -0.3 is 14.3 Å². The standard InChI is InChI=1S/C17H16N3O4/c1-17(2)14(21)20(16(22)24-17)11-7-9-19(10-8-11)15-18-12-5-3-4-6-13(12)23-15/h3-10,14,21H,1-2H3/q+1. The molecule has 1 unspecified atom stereocenters. The van der Waals surface area contributed by atoms with Crippen LogP contribution in [0.1, 0.15) is 13.8 Å². The monoisotopic (exact) mass is 326 g/mol. The van der Waals surface area contributed by atoms with Crippen LogP contribution >= 0.6 is 0 Å². The number of benzene rings is 1. The molecule has 1 aliphatic heterocycles. The summed E-state index contributed by atoms with van der Waals surface area (Å²) in [6, 6.07) is 11.3. The summed E-state index contributed by atoms with van der Waals surface area (Å²) in [5.41, 5.74) is 1.04. The fourth-order valence-corrected chi connectivity index (χ4v) is 2.66. The van der Waals surface area contributed by atoms with E-state index in [1.54, 1.807) is 42.9 Å². The molecule has 1 aromatic carbocycles. The molecule has 0 saturated carbocycles. The van der Waals surface area contributed by atoms with E-state index in [2.05, 4.69) is 4.98 Å². The van der Waals surface area contributed by atoms with Crippen LogP contribution in [0.25, 0.3) is 17.1 Å². The molecule has 4 rings (SSSR count). The van der Waals surface area contributed by atoms with Gasteiger partial charge in [-0.15, -0.1) is 0 Å². The number of hydrogen-bond donors (Lipinski definition) is 1. The number of para-hydroxylation sites is 2. The molecule has 1 aliphatic rings. The number of pyridine rings is 1. The molecule has 3 heterocycles. The first kappa shape index (κ1) is 14.6. The van der Waals surface area contributed by atoms with Crippen LogP contribution in [0.4, 0.5) is 10.5 Å². The van der Waals surface area contributed by atoms with Crippen LogP contribution in [0, 0.1) is 0 Å². The number of oxazole rings is 1. The highest BCUT2D eigenvalue weighted by Crippen LogP contribution is 2.31. The molecule has 0 radical (unpaired) electrons. The Hall–Kier alpha value is -2.93. The zero-order chi connectivity index (χ0) is 16.9. The summed E-state index contributed by atoms with van der Waals surface area (Å²) in [6.45, 7) is 3.33. The number of aromatic nitrogens is 2. The van der Waals surface area contributed by atoms with Gasteiger partial charge in [-0.2, -0.15) is 4.57 Å². The molecule has 24 heavy (non-hydrogen) atoms. The number of carbonyl (C=O) groups is 1. The van der Waals surface area contributed by atoms with Crippen LogP contribution in [0.15, 0.2) is 53.2 Å². The van der Waals surface area contributed by atoms with Crippen molar-refractivity contribution in [3.63, 3.8) is 0 Å². The minimum atomic E-state index is -1.05. The first-order valence-corrected chi connectivity index (χ1v) is 7.53. The Morgan fingerprint density at radius 3 is 2.54 bits per heavy atom. The third-order valence-electron chi connectivity index (χ3n) is 4.01. The molecular formula is C17H16N3O4+. The van der Waals surface area contributed by atoms with E-state index < -0.39 is 17.9 Å². The number of amides is 1. The molecule has 0 spiro atoms. The summed E-state index contributed by atoms with van der Waals surface area (Å²) in [7, 11) is 0. The van der Waals surface area contributed by atoms with Gasteiger partial charge in [-0.05, 0) is 26.0 Å². The van der Waals surface area contributed by atoms with E-state index in [1.165, 1.54) is 4.90 Å². The van der Waals surface area contributed by atoms with E-state index in [-0.39, 0.29) is 0 Å². The van der Waals surface area contributed by atoms with Crippen molar-refractivity contribution in [1.29, 1.82) is 0 Å². The predicted molar refractivity (Wildman–Crippen MR) is 84.6 cm³/mol. The van der Waals surface area contributed by atoms with Gasteiger partial charge in [-0.3, -0.25) is 0 Å². The Balaban J connectivity index is 1.67. The van der Waals surface area contributed by atoms with Crippen LogP contribution in [0.2, 0.25) is 0 Å². The number of nitrogens with zero attached hydrogens (tertiary/aromatic N) is 3. The van der Waals surface area contributed by atoms with Crippen molar-refractivity contribution in [2.75, 3.05) is 4.90 Å². The van der Waals surface area contributed by atoms with Gasteiger partial charge in [0.25, 0.3) is 0 Å². The normalized spacial score (nSPS) is 19.7. The van der Waals surface area contributed by atoms with E-state index in [1.807, 2.05) is 24.3 Å². The number of hydrogen-bond acceptors (Lipinski definition) is 5. The van der Waals surface area contributed by atoms with Gasteiger partial charge in [0, 0.05) is 17.1 Å². The van der Waals surface area contributed by atoms with Gasteiger partial charge in [0.2, 0.25) is 5.52 Å². The molecule has 7 nitrogen and oxygen atoms in total. The molecule has 0 bridgehead atoms. The summed E-state index contributed by atoms with van der Waals surface area (Å²) >= 11 is 0. The van der Waals surface area contributed by atoms with E-state index in [9.17, 15) is 9.90 Å². The number of aliphatic hydroxyl groups excluding tert-OH is 1. The Morgan fingerprint density at radius 1 is 1.21 bits per heavy atom. The van der Waals surface area contributed by atoms with Crippen molar-refractivity contribution < 1.29 is 23.6 Å². The Labute approximate surface area is 137 Å². The lowest BCUT2D eigenvalue weighted by Gasteiger charge is -2.23. The molecule has 1 atom stereocenters. The smallest absolute Gasteiger partial charge is 0.438 e. The maximum absolute atomic E-state index is 12.0. The van der Waals surface area contributed by atoms with Crippen molar-refractivity contribution in [2.24, 2.45) is 0 Å². The van der Waals surface area contributed by atoms with Gasteiger partial charge in [0.15, 0.2) is 17.4 Å². The van der Waals surface area contributed by atoms with Crippen LogP contribution < -0.4 is 9.47 Å². The third-order valence-corrected chi connectivity index (χ3v) is 4.01. The minimum Gasteiger partial charge on any atom is -0.438 e. The zero-order valence-electron chi connectivity index (χ0n) is 13.2. The molecule has 1 amide bonds. The van der Waals surface area contributed by atoms with Crippen molar-refractivity contribution in [3.05, 3.63) is 48.8 Å². The van der Waals surface area contributed by atoms with Gasteiger partial charge in [0.1, 0.15) is 12.4 Å². The lowest BCUT2D eigenvalue weighted by molar-refractivity contribution is -0.612. The summed E-state index contributed by atoms with van der Waals surface area (Å²) in [6.07, 6.45) is 1.80. The molecule has 0 aliphatic carbocycles. The third kappa shape index (κ3) is 2.21. The van der Waals surface area contributed by atoms with Crippen molar-refractivity contribution in [1.82, 2.24) is 4.98 Å². The van der Waals surface area contributed by atoms with Gasteiger partial charge in [0.05, 0.1) is 5.69 Å². The van der Waals surface area contributed by atoms with Crippen molar-refractivity contribution in [2.45, 2.75) is 25.7 Å². The largest absolute Gasteiger partial charge is 0.509 e. The number of anilines is 1. The lowest BCUT2D eigenvalue weighted by Crippen LogP contribution is -2.42. The fourth-order valence-electron chi connectivity index (χ4n) is 2.66. The quantitative estimate of drug-likeness (QED) is 0.730. The molecule has 1 N–H and O–H groups in total.